The van der Waals surface area contributed by atoms with Crippen LogP contribution in [0.3, 0.4) is 0 Å². The fourth-order valence-corrected chi connectivity index (χ4v) is 3.39. The van der Waals surface area contributed by atoms with Gasteiger partial charge in [0.1, 0.15) is 5.82 Å². The molecule has 2 heterocycles. The average molecular weight is 500 g/mol. The molecule has 0 amide bonds. The summed E-state index contributed by atoms with van der Waals surface area (Å²) in [6.07, 6.45) is 1.91. The highest BCUT2D eigenvalue weighted by atomic mass is 127. The van der Waals surface area contributed by atoms with Gasteiger partial charge in [0.2, 0.25) is 0 Å². The smallest absolute Gasteiger partial charge is 0.191 e. The number of nitrogens with zero attached hydrogens (tertiary/aromatic N) is 3. The Morgan fingerprint density at radius 1 is 1.25 bits per heavy atom. The van der Waals surface area contributed by atoms with E-state index in [1.165, 1.54) is 0 Å². The van der Waals surface area contributed by atoms with E-state index in [-0.39, 0.29) is 29.5 Å². The second-order valence-electron chi connectivity index (χ2n) is 7.57. The van der Waals surface area contributed by atoms with Gasteiger partial charge >= 0.3 is 0 Å². The summed E-state index contributed by atoms with van der Waals surface area (Å²) in [7, 11) is 1.82. The van der Waals surface area contributed by atoms with Gasteiger partial charge in [-0.3, -0.25) is 9.89 Å². The van der Waals surface area contributed by atoms with E-state index in [1.807, 2.05) is 25.2 Å². The van der Waals surface area contributed by atoms with Crippen molar-refractivity contribution >= 4 is 41.0 Å². The molecule has 0 atom stereocenters. The lowest BCUT2D eigenvalue weighted by Gasteiger charge is -2.41. The van der Waals surface area contributed by atoms with Crippen molar-refractivity contribution in [3.63, 3.8) is 0 Å². The molecule has 3 N–H and O–H groups in total. The molecule has 3 rings (SSSR count). The van der Waals surface area contributed by atoms with Crippen molar-refractivity contribution in [3.8, 4) is 0 Å². The van der Waals surface area contributed by atoms with Crippen LogP contribution in [0.4, 0.5) is 0 Å². The molecule has 0 saturated carbocycles. The van der Waals surface area contributed by atoms with Gasteiger partial charge in [0.25, 0.3) is 0 Å². The zero-order chi connectivity index (χ0) is 19.1. The lowest BCUT2D eigenvalue weighted by Crippen LogP contribution is -2.56. The van der Waals surface area contributed by atoms with Crippen LogP contribution < -0.4 is 10.6 Å². The Kier molecular flexibility index (Phi) is 8.97. The average Bonchev–Trinajstić information content (AvgIpc) is 3.11. The van der Waals surface area contributed by atoms with Crippen LogP contribution in [0.5, 0.6) is 0 Å². The lowest BCUT2D eigenvalue weighted by molar-refractivity contribution is -0.00833. The zero-order valence-corrected chi connectivity index (χ0v) is 19.5. The number of aryl methyl sites for hydroxylation is 1. The number of ether oxygens (including phenoxy) is 1. The van der Waals surface area contributed by atoms with Gasteiger partial charge in [-0.25, -0.2) is 4.98 Å². The molecular weight excluding hydrogens is 467 g/mol. The Balaban J connectivity index is 0.00000280. The minimum atomic E-state index is 0. The number of rotatable bonds is 7. The number of benzene rings is 1. The van der Waals surface area contributed by atoms with Crippen molar-refractivity contribution in [2.24, 2.45) is 4.99 Å². The van der Waals surface area contributed by atoms with Gasteiger partial charge in [0.15, 0.2) is 5.96 Å². The first-order valence-electron chi connectivity index (χ1n) is 9.79. The van der Waals surface area contributed by atoms with Crippen molar-refractivity contribution in [2.45, 2.75) is 32.2 Å². The number of morpholine rings is 1. The second kappa shape index (κ2) is 11.0. The van der Waals surface area contributed by atoms with Crippen molar-refractivity contribution in [2.75, 3.05) is 46.4 Å². The van der Waals surface area contributed by atoms with Crippen LogP contribution in [0.1, 0.15) is 26.1 Å². The molecule has 1 aromatic carbocycles. The molecule has 0 radical (unpaired) electrons. The Bertz CT molecular complexity index is 721. The van der Waals surface area contributed by atoms with Gasteiger partial charge in [-0.2, -0.15) is 0 Å². The number of para-hydroxylation sites is 2. The Hall–Kier alpha value is -1.39. The summed E-state index contributed by atoms with van der Waals surface area (Å²) >= 11 is 0. The SMILES string of the molecule is CN=C(NCCCc1nc2ccccc2[nH]1)NCC(C)(C)N1CCOCC1.I. The minimum absolute atomic E-state index is 0. The quantitative estimate of drug-likeness (QED) is 0.236. The molecule has 2 aromatic rings. The fraction of sp³-hybridized carbons (Fsp3) is 0.600. The van der Waals surface area contributed by atoms with E-state index < -0.39 is 0 Å². The van der Waals surface area contributed by atoms with E-state index >= 15 is 0 Å². The predicted octanol–water partition coefficient (Wildman–Crippen LogP) is 2.39. The summed E-state index contributed by atoms with van der Waals surface area (Å²) in [4.78, 5) is 14.8. The van der Waals surface area contributed by atoms with Crippen molar-refractivity contribution in [1.29, 1.82) is 0 Å². The first kappa shape index (κ1) is 22.9. The summed E-state index contributed by atoms with van der Waals surface area (Å²) in [5, 5.41) is 6.86. The second-order valence-corrected chi connectivity index (χ2v) is 7.57. The van der Waals surface area contributed by atoms with Crippen molar-refractivity contribution in [3.05, 3.63) is 30.1 Å². The molecule has 1 aliphatic rings. The topological polar surface area (TPSA) is 77.6 Å². The van der Waals surface area contributed by atoms with Gasteiger partial charge in [-0.15, -0.1) is 24.0 Å². The molecule has 1 aliphatic heterocycles. The molecule has 156 valence electrons. The molecule has 1 aromatic heterocycles. The molecule has 28 heavy (non-hydrogen) atoms. The molecule has 7 nitrogen and oxygen atoms in total. The van der Waals surface area contributed by atoms with Crippen molar-refractivity contribution in [1.82, 2.24) is 25.5 Å². The Morgan fingerprint density at radius 2 is 2.00 bits per heavy atom. The molecule has 0 bridgehead atoms. The van der Waals surface area contributed by atoms with E-state index in [2.05, 4.69) is 50.4 Å². The fourth-order valence-electron chi connectivity index (χ4n) is 3.39. The number of fused-ring (bicyclic) bond motifs is 1. The third kappa shape index (κ3) is 6.31. The number of aliphatic imine (C=N–C) groups is 1. The number of aromatic nitrogens is 2. The van der Waals surface area contributed by atoms with Crippen LogP contribution >= 0.6 is 24.0 Å². The lowest BCUT2D eigenvalue weighted by atomic mass is 10.0. The van der Waals surface area contributed by atoms with Crippen LogP contribution in [0.2, 0.25) is 0 Å². The summed E-state index contributed by atoms with van der Waals surface area (Å²) < 4.78 is 5.46. The van der Waals surface area contributed by atoms with Gasteiger partial charge < -0.3 is 20.4 Å². The number of hydrogen-bond acceptors (Lipinski definition) is 4. The predicted molar refractivity (Wildman–Crippen MR) is 126 cm³/mol. The van der Waals surface area contributed by atoms with Crippen LogP contribution in [0.25, 0.3) is 11.0 Å². The highest BCUT2D eigenvalue weighted by Crippen LogP contribution is 2.15. The number of guanidine groups is 1. The van der Waals surface area contributed by atoms with E-state index in [1.54, 1.807) is 0 Å². The maximum absolute atomic E-state index is 5.46. The molecule has 0 aliphatic carbocycles. The summed E-state index contributed by atoms with van der Waals surface area (Å²) in [6, 6.07) is 8.14. The minimum Gasteiger partial charge on any atom is -0.379 e. The van der Waals surface area contributed by atoms with E-state index in [9.17, 15) is 0 Å². The molecule has 1 fully saturated rings. The largest absolute Gasteiger partial charge is 0.379 e. The molecular formula is C20H33IN6O. The van der Waals surface area contributed by atoms with Gasteiger partial charge in [-0.1, -0.05) is 12.1 Å². The maximum Gasteiger partial charge on any atom is 0.191 e. The number of H-pyrrole nitrogens is 1. The van der Waals surface area contributed by atoms with Crippen LogP contribution in [0.15, 0.2) is 29.3 Å². The Labute approximate surface area is 184 Å². The number of halogens is 1. The molecule has 0 spiro atoms. The standard InChI is InChI=1S/C20H32N6O.HI/c1-20(2,26-11-13-27-14-12-26)15-23-19(21-3)22-10-6-9-18-24-16-7-4-5-8-17(16)25-18;/h4-5,7-8H,6,9-15H2,1-3H3,(H,24,25)(H2,21,22,23);1H. The molecule has 1 saturated heterocycles. The highest BCUT2D eigenvalue weighted by Gasteiger charge is 2.28. The number of nitrogens with one attached hydrogen (secondary N) is 3. The van der Waals surface area contributed by atoms with Gasteiger partial charge in [-0.05, 0) is 32.4 Å². The van der Waals surface area contributed by atoms with E-state index in [0.29, 0.717) is 0 Å². The third-order valence-electron chi connectivity index (χ3n) is 5.10. The highest BCUT2D eigenvalue weighted by molar-refractivity contribution is 14.0. The summed E-state index contributed by atoms with van der Waals surface area (Å²) in [5.41, 5.74) is 2.20. The summed E-state index contributed by atoms with van der Waals surface area (Å²) in [6.45, 7) is 9.83. The molecule has 0 unspecified atom stereocenters. The summed E-state index contributed by atoms with van der Waals surface area (Å²) in [5.74, 6) is 1.88. The number of imidazole rings is 1. The monoisotopic (exact) mass is 500 g/mol. The van der Waals surface area contributed by atoms with Crippen LogP contribution in [-0.2, 0) is 11.2 Å². The van der Waals surface area contributed by atoms with Crippen LogP contribution in [-0.4, -0.2) is 72.8 Å². The number of hydrogen-bond donors (Lipinski definition) is 3. The van der Waals surface area contributed by atoms with Crippen LogP contribution in [0, 0.1) is 0 Å². The maximum atomic E-state index is 5.46. The normalized spacial score (nSPS) is 16.0. The molecule has 8 heteroatoms. The first-order chi connectivity index (χ1) is 13.1. The first-order valence-corrected chi connectivity index (χ1v) is 9.79. The van der Waals surface area contributed by atoms with E-state index in [0.717, 1.165) is 75.1 Å². The number of aromatic amines is 1. The van der Waals surface area contributed by atoms with E-state index in [4.69, 9.17) is 4.74 Å². The van der Waals surface area contributed by atoms with Gasteiger partial charge in [0, 0.05) is 45.2 Å². The Morgan fingerprint density at radius 3 is 2.71 bits per heavy atom. The van der Waals surface area contributed by atoms with Crippen molar-refractivity contribution < 1.29 is 4.74 Å². The van der Waals surface area contributed by atoms with Gasteiger partial charge in [0.05, 0.1) is 24.2 Å². The zero-order valence-electron chi connectivity index (χ0n) is 17.1. The third-order valence-corrected chi connectivity index (χ3v) is 5.10.